The lowest BCUT2D eigenvalue weighted by Gasteiger charge is -2.17. The van der Waals surface area contributed by atoms with Gasteiger partial charge in [-0.1, -0.05) is 27.2 Å². The van der Waals surface area contributed by atoms with Crippen LogP contribution in [0.25, 0.3) is 0 Å². The molecule has 5 nitrogen and oxygen atoms in total. The van der Waals surface area contributed by atoms with E-state index in [9.17, 15) is 0 Å². The molecule has 19 heavy (non-hydrogen) atoms. The van der Waals surface area contributed by atoms with Crippen LogP contribution in [-0.2, 0) is 0 Å². The highest BCUT2D eigenvalue weighted by atomic mass is 16.3. The van der Waals surface area contributed by atoms with E-state index in [-0.39, 0.29) is 12.5 Å². The van der Waals surface area contributed by atoms with Crippen LogP contribution in [0.1, 0.15) is 50.9 Å². The second-order valence-corrected chi connectivity index (χ2v) is 5.26. The number of anilines is 2. The quantitative estimate of drug-likeness (QED) is 0.705. The Balaban J connectivity index is 2.82. The Morgan fingerprint density at radius 2 is 2.00 bits per heavy atom. The average Bonchev–Trinajstić information content (AvgIpc) is 2.38. The number of nitrogens with zero attached hydrogens (tertiary/aromatic N) is 2. The highest BCUT2D eigenvalue weighted by Gasteiger charge is 2.12. The Bertz CT molecular complexity index is 407. The Morgan fingerprint density at radius 1 is 1.32 bits per heavy atom. The minimum atomic E-state index is 0.225. The third kappa shape index (κ3) is 4.35. The molecule has 1 atom stereocenters. The molecule has 1 aromatic rings. The molecule has 108 valence electrons. The number of aromatic nitrogens is 2. The molecule has 0 aliphatic rings. The number of aliphatic hydroxyl groups excluding tert-OH is 1. The Morgan fingerprint density at radius 3 is 2.53 bits per heavy atom. The Labute approximate surface area is 115 Å². The lowest BCUT2D eigenvalue weighted by atomic mass is 10.0. The lowest BCUT2D eigenvalue weighted by molar-refractivity contribution is 0.258. The first-order valence-corrected chi connectivity index (χ1v) is 6.98. The second-order valence-electron chi connectivity index (χ2n) is 5.26. The van der Waals surface area contributed by atoms with Crippen molar-refractivity contribution in [3.63, 3.8) is 0 Å². The van der Waals surface area contributed by atoms with E-state index >= 15 is 0 Å². The molecule has 4 N–H and O–H groups in total. The molecule has 0 saturated heterocycles. The molecule has 0 fully saturated rings. The van der Waals surface area contributed by atoms with Crippen molar-refractivity contribution in [2.75, 3.05) is 24.2 Å². The minimum Gasteiger partial charge on any atom is -0.396 e. The standard InChI is InChI=1S/C14H26N4O/c1-5-11(6-7-19)8-16-14-10(4)12(15)17-13(18-14)9(2)3/h9,11,19H,5-8H2,1-4H3,(H3,15,16,17,18). The molecule has 0 spiro atoms. The lowest BCUT2D eigenvalue weighted by Crippen LogP contribution is -2.18. The predicted octanol–water partition coefficient (Wildman–Crippen LogP) is 2.31. The number of nitrogen functional groups attached to an aromatic ring is 1. The maximum Gasteiger partial charge on any atom is 0.135 e. The molecule has 0 aromatic carbocycles. The van der Waals surface area contributed by atoms with Gasteiger partial charge in [-0.2, -0.15) is 0 Å². The van der Waals surface area contributed by atoms with Crippen molar-refractivity contribution in [1.29, 1.82) is 0 Å². The van der Waals surface area contributed by atoms with Gasteiger partial charge in [-0.3, -0.25) is 0 Å². The summed E-state index contributed by atoms with van der Waals surface area (Å²) >= 11 is 0. The van der Waals surface area contributed by atoms with Crippen LogP contribution in [-0.4, -0.2) is 28.2 Å². The molecule has 0 radical (unpaired) electrons. The molecule has 1 heterocycles. The van der Waals surface area contributed by atoms with E-state index in [1.807, 2.05) is 6.92 Å². The SMILES string of the molecule is CCC(CCO)CNc1nc(C(C)C)nc(N)c1C. The van der Waals surface area contributed by atoms with Crippen LogP contribution in [0.3, 0.4) is 0 Å². The zero-order valence-electron chi connectivity index (χ0n) is 12.4. The minimum absolute atomic E-state index is 0.225. The van der Waals surface area contributed by atoms with Gasteiger partial charge in [0.1, 0.15) is 17.5 Å². The van der Waals surface area contributed by atoms with Gasteiger partial charge < -0.3 is 16.2 Å². The van der Waals surface area contributed by atoms with Crippen molar-refractivity contribution >= 4 is 11.6 Å². The maximum absolute atomic E-state index is 9.01. The highest BCUT2D eigenvalue weighted by Crippen LogP contribution is 2.21. The molecule has 0 aliphatic heterocycles. The number of hydrogen-bond acceptors (Lipinski definition) is 5. The van der Waals surface area contributed by atoms with Crippen molar-refractivity contribution in [2.45, 2.75) is 46.5 Å². The third-order valence-electron chi connectivity index (χ3n) is 3.39. The highest BCUT2D eigenvalue weighted by molar-refractivity contribution is 5.54. The van der Waals surface area contributed by atoms with E-state index in [0.717, 1.165) is 36.6 Å². The fourth-order valence-corrected chi connectivity index (χ4v) is 1.86. The van der Waals surface area contributed by atoms with Gasteiger partial charge in [0, 0.05) is 24.6 Å². The van der Waals surface area contributed by atoms with Crippen LogP contribution < -0.4 is 11.1 Å². The fourth-order valence-electron chi connectivity index (χ4n) is 1.86. The van der Waals surface area contributed by atoms with Gasteiger partial charge in [-0.05, 0) is 19.3 Å². The van der Waals surface area contributed by atoms with Crippen LogP contribution in [0.15, 0.2) is 0 Å². The summed E-state index contributed by atoms with van der Waals surface area (Å²) in [7, 11) is 0. The van der Waals surface area contributed by atoms with E-state index in [1.54, 1.807) is 0 Å². The molecule has 1 rings (SSSR count). The number of nitrogens with two attached hydrogens (primary N) is 1. The molecule has 1 aromatic heterocycles. The molecule has 0 aliphatic carbocycles. The van der Waals surface area contributed by atoms with E-state index in [4.69, 9.17) is 10.8 Å². The molecule has 0 saturated carbocycles. The van der Waals surface area contributed by atoms with E-state index < -0.39 is 0 Å². The molecule has 5 heteroatoms. The van der Waals surface area contributed by atoms with Crippen LogP contribution in [0.5, 0.6) is 0 Å². The van der Waals surface area contributed by atoms with Gasteiger partial charge in [0.25, 0.3) is 0 Å². The topological polar surface area (TPSA) is 84.1 Å². The number of aliphatic hydroxyl groups is 1. The van der Waals surface area contributed by atoms with Gasteiger partial charge in [0.2, 0.25) is 0 Å². The number of nitrogens with one attached hydrogen (secondary N) is 1. The summed E-state index contributed by atoms with van der Waals surface area (Å²) in [6, 6.07) is 0. The summed E-state index contributed by atoms with van der Waals surface area (Å²) in [5.41, 5.74) is 6.82. The maximum atomic E-state index is 9.01. The van der Waals surface area contributed by atoms with Crippen LogP contribution in [0.4, 0.5) is 11.6 Å². The molecule has 1 unspecified atom stereocenters. The Kier molecular flexibility index (Phi) is 6.02. The van der Waals surface area contributed by atoms with Crippen molar-refractivity contribution in [1.82, 2.24) is 9.97 Å². The molecule has 0 amide bonds. The average molecular weight is 266 g/mol. The number of hydrogen-bond donors (Lipinski definition) is 3. The molecular weight excluding hydrogens is 240 g/mol. The summed E-state index contributed by atoms with van der Waals surface area (Å²) < 4.78 is 0. The van der Waals surface area contributed by atoms with Gasteiger partial charge in [0.15, 0.2) is 0 Å². The largest absolute Gasteiger partial charge is 0.396 e. The fraction of sp³-hybridized carbons (Fsp3) is 0.714. The van der Waals surface area contributed by atoms with Crippen molar-refractivity contribution in [3.05, 3.63) is 11.4 Å². The summed E-state index contributed by atoms with van der Waals surface area (Å²) in [6.07, 6.45) is 1.84. The zero-order chi connectivity index (χ0) is 14.4. The third-order valence-corrected chi connectivity index (χ3v) is 3.39. The zero-order valence-corrected chi connectivity index (χ0v) is 12.4. The van der Waals surface area contributed by atoms with Crippen molar-refractivity contribution in [3.8, 4) is 0 Å². The van der Waals surface area contributed by atoms with Crippen LogP contribution >= 0.6 is 0 Å². The summed E-state index contributed by atoms with van der Waals surface area (Å²) in [4.78, 5) is 8.84. The van der Waals surface area contributed by atoms with Gasteiger partial charge in [0.05, 0.1) is 0 Å². The van der Waals surface area contributed by atoms with Crippen LogP contribution in [0.2, 0.25) is 0 Å². The predicted molar refractivity (Wildman–Crippen MR) is 79.2 cm³/mol. The normalized spacial score (nSPS) is 12.7. The number of rotatable bonds is 7. The van der Waals surface area contributed by atoms with E-state index in [0.29, 0.717) is 11.7 Å². The summed E-state index contributed by atoms with van der Waals surface area (Å²) in [5.74, 6) is 2.82. The monoisotopic (exact) mass is 266 g/mol. The van der Waals surface area contributed by atoms with Crippen molar-refractivity contribution < 1.29 is 5.11 Å². The second kappa shape index (κ2) is 7.28. The Hall–Kier alpha value is -1.36. The smallest absolute Gasteiger partial charge is 0.135 e. The first-order chi connectivity index (χ1) is 8.99. The molecule has 0 bridgehead atoms. The van der Waals surface area contributed by atoms with E-state index in [2.05, 4.69) is 36.1 Å². The molecular formula is C14H26N4O. The summed E-state index contributed by atoms with van der Waals surface area (Å²) in [5, 5.41) is 12.3. The van der Waals surface area contributed by atoms with E-state index in [1.165, 1.54) is 0 Å². The van der Waals surface area contributed by atoms with Gasteiger partial charge in [-0.25, -0.2) is 9.97 Å². The first kappa shape index (κ1) is 15.7. The van der Waals surface area contributed by atoms with Gasteiger partial charge in [-0.15, -0.1) is 0 Å². The first-order valence-electron chi connectivity index (χ1n) is 6.98. The van der Waals surface area contributed by atoms with Crippen molar-refractivity contribution in [2.24, 2.45) is 5.92 Å². The summed E-state index contributed by atoms with van der Waals surface area (Å²) in [6.45, 7) is 9.18. The van der Waals surface area contributed by atoms with Crippen LogP contribution in [0, 0.1) is 12.8 Å². The van der Waals surface area contributed by atoms with Gasteiger partial charge >= 0.3 is 0 Å².